The Kier molecular flexibility index (Phi) is 8.21. The van der Waals surface area contributed by atoms with Gasteiger partial charge in [-0.3, -0.25) is 9.69 Å². The molecule has 2 heterocycles. The zero-order valence-corrected chi connectivity index (χ0v) is 21.2. The first-order valence-corrected chi connectivity index (χ1v) is 12.8. The van der Waals surface area contributed by atoms with E-state index in [1.54, 1.807) is 0 Å². The molecule has 2 aliphatic rings. The number of aldehydes is 1. The van der Waals surface area contributed by atoms with E-state index in [1.165, 1.54) is 24.1 Å². The summed E-state index contributed by atoms with van der Waals surface area (Å²) < 4.78 is 0. The molecule has 0 bridgehead atoms. The minimum atomic E-state index is -0.744. The van der Waals surface area contributed by atoms with E-state index in [9.17, 15) is 14.7 Å². The second kappa shape index (κ2) is 11.5. The van der Waals surface area contributed by atoms with E-state index in [1.807, 2.05) is 79.5 Å². The van der Waals surface area contributed by atoms with Gasteiger partial charge in [-0.15, -0.1) is 0 Å². The van der Waals surface area contributed by atoms with Crippen LogP contribution in [0.2, 0.25) is 0 Å². The number of carboxylic acid groups (broad SMARTS) is 1. The van der Waals surface area contributed by atoms with Crippen molar-refractivity contribution in [2.45, 2.75) is 50.1 Å². The lowest BCUT2D eigenvalue weighted by Gasteiger charge is -2.31. The Morgan fingerprint density at radius 1 is 0.944 bits per heavy atom. The third-order valence-electron chi connectivity index (χ3n) is 7.71. The number of nitrogens with zero attached hydrogens (tertiary/aromatic N) is 2. The number of carbonyl (C=O) groups excluding carboxylic acids is 1. The average Bonchev–Trinajstić information content (AvgIpc) is 3.07. The zero-order chi connectivity index (χ0) is 25.5. The fourth-order valence-electron chi connectivity index (χ4n) is 5.43. The second-order valence-corrected chi connectivity index (χ2v) is 10.0. The number of carboxylic acids is 1. The highest BCUT2D eigenvalue weighted by Crippen LogP contribution is 2.36. The van der Waals surface area contributed by atoms with Crippen LogP contribution in [0.25, 0.3) is 0 Å². The Balaban J connectivity index is 0.000000179. The van der Waals surface area contributed by atoms with Crippen LogP contribution in [0.5, 0.6) is 0 Å². The van der Waals surface area contributed by atoms with Gasteiger partial charge < -0.3 is 14.8 Å². The van der Waals surface area contributed by atoms with Crippen LogP contribution in [0.3, 0.4) is 0 Å². The van der Waals surface area contributed by atoms with Gasteiger partial charge in [0.2, 0.25) is 0 Å². The van der Waals surface area contributed by atoms with Gasteiger partial charge in [0.05, 0.1) is 5.92 Å². The maximum absolute atomic E-state index is 11.6. The molecule has 2 aliphatic heterocycles. The van der Waals surface area contributed by atoms with E-state index in [0.717, 1.165) is 36.9 Å². The fraction of sp³-hybridized carbons (Fsp3) is 0.355. The summed E-state index contributed by atoms with van der Waals surface area (Å²) in [5, 5.41) is 9.55. The summed E-state index contributed by atoms with van der Waals surface area (Å²) in [4.78, 5) is 27.2. The molecule has 188 valence electrons. The molecule has 5 nitrogen and oxygen atoms in total. The quantitative estimate of drug-likeness (QED) is 0.492. The summed E-state index contributed by atoms with van der Waals surface area (Å²) in [7, 11) is 1.93. The van der Waals surface area contributed by atoms with Crippen molar-refractivity contribution >= 4 is 17.9 Å². The van der Waals surface area contributed by atoms with Crippen LogP contribution in [-0.2, 0) is 16.0 Å². The molecule has 0 aromatic heterocycles. The third-order valence-corrected chi connectivity index (χ3v) is 7.71. The summed E-state index contributed by atoms with van der Waals surface area (Å²) in [6.45, 7) is 3.70. The Bertz CT molecular complexity index is 1110. The molecule has 1 fully saturated rings. The van der Waals surface area contributed by atoms with E-state index >= 15 is 0 Å². The minimum absolute atomic E-state index is 0.146. The number of aryl methyl sites for hydroxylation is 1. The predicted octanol–water partition coefficient (Wildman–Crippen LogP) is 5.39. The number of aliphatic carboxylic acids is 1. The van der Waals surface area contributed by atoms with Crippen LogP contribution in [0.1, 0.15) is 48.8 Å². The molecule has 3 aromatic rings. The highest BCUT2D eigenvalue weighted by molar-refractivity contribution is 5.79. The first-order chi connectivity index (χ1) is 17.4. The molecule has 5 rings (SSSR count). The van der Waals surface area contributed by atoms with Gasteiger partial charge >= 0.3 is 5.97 Å². The number of benzene rings is 3. The summed E-state index contributed by atoms with van der Waals surface area (Å²) >= 11 is 0. The molecule has 36 heavy (non-hydrogen) atoms. The summed E-state index contributed by atoms with van der Waals surface area (Å²) in [5.41, 5.74) is 4.05. The van der Waals surface area contributed by atoms with E-state index in [2.05, 4.69) is 29.2 Å². The lowest BCUT2D eigenvalue weighted by Crippen LogP contribution is -2.45. The lowest BCUT2D eigenvalue weighted by molar-refractivity contribution is -0.147. The molecule has 1 N–H and O–H groups in total. The molecule has 0 aliphatic carbocycles. The minimum Gasteiger partial charge on any atom is -0.480 e. The van der Waals surface area contributed by atoms with Crippen molar-refractivity contribution < 1.29 is 14.7 Å². The van der Waals surface area contributed by atoms with E-state index in [0.29, 0.717) is 6.42 Å². The van der Waals surface area contributed by atoms with Gasteiger partial charge in [0.25, 0.3) is 0 Å². The van der Waals surface area contributed by atoms with Gasteiger partial charge in [0, 0.05) is 24.8 Å². The molecule has 0 spiro atoms. The Morgan fingerprint density at radius 3 is 2.08 bits per heavy atom. The SMILES string of the molecule is CN1CC(N2CCCCc3ccccc32)C[C@@]1(C)C(=O)O.O=CC(c1ccccc1)c1ccccc1. The first kappa shape index (κ1) is 25.6. The van der Waals surface area contributed by atoms with Crippen LogP contribution in [0, 0.1) is 0 Å². The van der Waals surface area contributed by atoms with Gasteiger partial charge in [-0.25, -0.2) is 0 Å². The predicted molar refractivity (Wildman–Crippen MR) is 145 cm³/mol. The Hall–Kier alpha value is -3.44. The highest BCUT2D eigenvalue weighted by atomic mass is 16.4. The number of fused-ring (bicyclic) bond motifs is 1. The normalized spacial score (nSPS) is 21.8. The van der Waals surface area contributed by atoms with Crippen molar-refractivity contribution in [2.24, 2.45) is 0 Å². The summed E-state index contributed by atoms with van der Waals surface area (Å²) in [6, 6.07) is 28.5. The van der Waals surface area contributed by atoms with Crippen molar-refractivity contribution in [1.82, 2.24) is 4.90 Å². The smallest absolute Gasteiger partial charge is 0.323 e. The molecule has 1 unspecified atom stereocenters. The van der Waals surface area contributed by atoms with Crippen molar-refractivity contribution in [1.29, 1.82) is 0 Å². The molecule has 0 saturated carbocycles. The highest BCUT2D eigenvalue weighted by Gasteiger charge is 2.47. The lowest BCUT2D eigenvalue weighted by atomic mass is 9.93. The van der Waals surface area contributed by atoms with Gasteiger partial charge in [0.15, 0.2) is 0 Å². The summed E-state index contributed by atoms with van der Waals surface area (Å²) in [5.74, 6) is -0.858. The zero-order valence-electron chi connectivity index (χ0n) is 21.2. The molecule has 1 saturated heterocycles. The van der Waals surface area contributed by atoms with E-state index in [-0.39, 0.29) is 12.0 Å². The monoisotopic (exact) mass is 484 g/mol. The number of rotatable bonds is 5. The first-order valence-electron chi connectivity index (χ1n) is 12.8. The number of hydrogen-bond donors (Lipinski definition) is 1. The molecule has 0 amide bonds. The number of para-hydroxylation sites is 1. The number of hydrogen-bond acceptors (Lipinski definition) is 4. The summed E-state index contributed by atoms with van der Waals surface area (Å²) in [6.07, 6.45) is 5.20. The Labute approximate surface area is 214 Å². The molecule has 5 heteroatoms. The maximum atomic E-state index is 11.6. The van der Waals surface area contributed by atoms with Gasteiger partial charge in [-0.05, 0) is 62.4 Å². The topological polar surface area (TPSA) is 60.9 Å². The molecule has 0 radical (unpaired) electrons. The van der Waals surface area contributed by atoms with Crippen LogP contribution in [0.15, 0.2) is 84.9 Å². The van der Waals surface area contributed by atoms with Gasteiger partial charge in [-0.1, -0.05) is 78.9 Å². The van der Waals surface area contributed by atoms with Crippen molar-refractivity contribution in [3.05, 3.63) is 102 Å². The molecule has 3 aromatic carbocycles. The number of likely N-dealkylation sites (tertiary alicyclic amines) is 1. The Morgan fingerprint density at radius 2 is 1.53 bits per heavy atom. The number of carbonyl (C=O) groups is 2. The van der Waals surface area contributed by atoms with Crippen LogP contribution in [-0.4, -0.2) is 54.0 Å². The third kappa shape index (κ3) is 5.52. The van der Waals surface area contributed by atoms with Crippen molar-refractivity contribution in [3.63, 3.8) is 0 Å². The van der Waals surface area contributed by atoms with Gasteiger partial charge in [0.1, 0.15) is 11.8 Å². The van der Waals surface area contributed by atoms with E-state index in [4.69, 9.17) is 0 Å². The maximum Gasteiger partial charge on any atom is 0.323 e. The molecule has 2 atom stereocenters. The number of anilines is 1. The fourth-order valence-corrected chi connectivity index (χ4v) is 5.43. The average molecular weight is 485 g/mol. The number of likely N-dealkylation sites (N-methyl/N-ethyl adjacent to an activating group) is 1. The van der Waals surface area contributed by atoms with Crippen LogP contribution >= 0.6 is 0 Å². The largest absolute Gasteiger partial charge is 0.480 e. The standard InChI is InChI=1S/C17H24N2O2.C14H12O/c1-17(16(20)21)11-14(12-18(17)2)19-10-6-5-8-13-7-3-4-9-15(13)19;15-11-14(12-7-3-1-4-8-12)13-9-5-2-6-10-13/h3-4,7,9,14H,5-6,8,10-12H2,1-2H3,(H,20,21);1-11,14H/t14?,17-;/m0./s1. The van der Waals surface area contributed by atoms with Crippen LogP contribution < -0.4 is 4.90 Å². The second-order valence-electron chi connectivity index (χ2n) is 10.0. The van der Waals surface area contributed by atoms with Crippen molar-refractivity contribution in [2.75, 3.05) is 25.0 Å². The molecular weight excluding hydrogens is 448 g/mol. The van der Waals surface area contributed by atoms with Crippen LogP contribution in [0.4, 0.5) is 5.69 Å². The van der Waals surface area contributed by atoms with Crippen molar-refractivity contribution in [3.8, 4) is 0 Å². The van der Waals surface area contributed by atoms with Gasteiger partial charge in [-0.2, -0.15) is 0 Å². The van der Waals surface area contributed by atoms with E-state index < -0.39 is 11.5 Å². The molecular formula is C31H36N2O3.